The molecule has 0 atom stereocenters. The molecule has 17 heavy (non-hydrogen) atoms. The molecular formula is C14H28O3. The summed E-state index contributed by atoms with van der Waals surface area (Å²) in [4.78, 5) is 11.2. The zero-order valence-corrected chi connectivity index (χ0v) is 11.6. The van der Waals surface area contributed by atoms with E-state index in [-0.39, 0.29) is 0 Å². The lowest BCUT2D eigenvalue weighted by atomic mass is 9.97. The summed E-state index contributed by atoms with van der Waals surface area (Å²) in [5.74, 6) is -0.825. The van der Waals surface area contributed by atoms with Crippen molar-refractivity contribution in [3.8, 4) is 0 Å². The standard InChI is InChI=1S/C14H28O3/c1-4-7-8-9-10-11-12-17-14(5-2,6-3)13(15)16/h4-12H2,1-3H3,(H,15,16). The van der Waals surface area contributed by atoms with Gasteiger partial charge in [0.15, 0.2) is 5.60 Å². The highest BCUT2D eigenvalue weighted by Gasteiger charge is 2.35. The van der Waals surface area contributed by atoms with Crippen molar-refractivity contribution in [3.63, 3.8) is 0 Å². The largest absolute Gasteiger partial charge is 0.479 e. The predicted octanol–water partition coefficient (Wildman–Crippen LogP) is 4.01. The van der Waals surface area contributed by atoms with Gasteiger partial charge in [0.05, 0.1) is 0 Å². The molecule has 0 aliphatic heterocycles. The number of rotatable bonds is 11. The third-order valence-corrected chi connectivity index (χ3v) is 3.41. The lowest BCUT2D eigenvalue weighted by molar-refractivity contribution is -0.167. The molecule has 0 heterocycles. The molecule has 0 aliphatic rings. The average molecular weight is 244 g/mol. The number of hydrogen-bond acceptors (Lipinski definition) is 2. The van der Waals surface area contributed by atoms with Crippen molar-refractivity contribution in [2.24, 2.45) is 0 Å². The first-order chi connectivity index (χ1) is 8.13. The maximum Gasteiger partial charge on any atom is 0.335 e. The van der Waals surface area contributed by atoms with Crippen molar-refractivity contribution in [3.05, 3.63) is 0 Å². The van der Waals surface area contributed by atoms with Crippen LogP contribution in [0.15, 0.2) is 0 Å². The normalized spacial score (nSPS) is 11.7. The topological polar surface area (TPSA) is 46.5 Å². The molecule has 1 N–H and O–H groups in total. The summed E-state index contributed by atoms with van der Waals surface area (Å²) in [5.41, 5.74) is -0.955. The molecular weight excluding hydrogens is 216 g/mol. The summed E-state index contributed by atoms with van der Waals surface area (Å²) in [6.45, 7) is 6.52. The van der Waals surface area contributed by atoms with Crippen molar-refractivity contribution in [2.45, 2.75) is 77.7 Å². The molecule has 0 aliphatic carbocycles. The molecule has 0 saturated carbocycles. The first-order valence-corrected chi connectivity index (χ1v) is 7.00. The van der Waals surface area contributed by atoms with Crippen LogP contribution in [-0.4, -0.2) is 23.3 Å². The fourth-order valence-corrected chi connectivity index (χ4v) is 1.97. The molecule has 0 amide bonds. The molecule has 3 heteroatoms. The van der Waals surface area contributed by atoms with Crippen molar-refractivity contribution in [1.82, 2.24) is 0 Å². The van der Waals surface area contributed by atoms with E-state index >= 15 is 0 Å². The summed E-state index contributed by atoms with van der Waals surface area (Å²) in [6, 6.07) is 0. The van der Waals surface area contributed by atoms with Gasteiger partial charge in [-0.25, -0.2) is 4.79 Å². The van der Waals surface area contributed by atoms with E-state index in [2.05, 4.69) is 6.92 Å². The highest BCUT2D eigenvalue weighted by molar-refractivity contribution is 5.77. The Morgan fingerprint density at radius 3 is 2.00 bits per heavy atom. The van der Waals surface area contributed by atoms with Gasteiger partial charge in [0.25, 0.3) is 0 Å². The smallest absolute Gasteiger partial charge is 0.335 e. The van der Waals surface area contributed by atoms with Gasteiger partial charge in [-0.05, 0) is 19.3 Å². The van der Waals surface area contributed by atoms with Crippen LogP contribution in [0.4, 0.5) is 0 Å². The zero-order chi connectivity index (χ0) is 13.1. The second kappa shape index (κ2) is 9.46. The summed E-state index contributed by atoms with van der Waals surface area (Å²) < 4.78 is 5.60. The van der Waals surface area contributed by atoms with Crippen LogP contribution in [0.2, 0.25) is 0 Å². The maximum absolute atomic E-state index is 11.2. The van der Waals surface area contributed by atoms with Crippen LogP contribution in [0.25, 0.3) is 0 Å². The minimum Gasteiger partial charge on any atom is -0.479 e. The molecule has 102 valence electrons. The highest BCUT2D eigenvalue weighted by Crippen LogP contribution is 2.21. The van der Waals surface area contributed by atoms with Crippen molar-refractivity contribution in [2.75, 3.05) is 6.61 Å². The molecule has 0 aromatic carbocycles. The molecule has 3 nitrogen and oxygen atoms in total. The monoisotopic (exact) mass is 244 g/mol. The lowest BCUT2D eigenvalue weighted by Crippen LogP contribution is -2.40. The van der Waals surface area contributed by atoms with E-state index in [4.69, 9.17) is 4.74 Å². The van der Waals surface area contributed by atoms with Gasteiger partial charge in [0, 0.05) is 6.61 Å². The third-order valence-electron chi connectivity index (χ3n) is 3.41. The molecule has 0 aromatic heterocycles. The van der Waals surface area contributed by atoms with Crippen molar-refractivity contribution >= 4 is 5.97 Å². The van der Waals surface area contributed by atoms with Gasteiger partial charge in [-0.3, -0.25) is 0 Å². The van der Waals surface area contributed by atoms with Gasteiger partial charge in [-0.2, -0.15) is 0 Å². The van der Waals surface area contributed by atoms with Crippen LogP contribution >= 0.6 is 0 Å². The van der Waals surface area contributed by atoms with Crippen molar-refractivity contribution in [1.29, 1.82) is 0 Å². The number of hydrogen-bond donors (Lipinski definition) is 1. The number of carboxylic acids is 1. The van der Waals surface area contributed by atoms with E-state index < -0.39 is 11.6 Å². The molecule has 0 unspecified atom stereocenters. The minimum atomic E-state index is -0.955. The predicted molar refractivity (Wildman–Crippen MR) is 70.3 cm³/mol. The maximum atomic E-state index is 11.2. The Hall–Kier alpha value is -0.570. The molecule has 0 saturated heterocycles. The second-order valence-electron chi connectivity index (χ2n) is 4.62. The first-order valence-electron chi connectivity index (χ1n) is 7.00. The van der Waals surface area contributed by atoms with E-state index in [1.54, 1.807) is 0 Å². The molecule has 0 rings (SSSR count). The molecule has 0 fully saturated rings. The van der Waals surface area contributed by atoms with Gasteiger partial charge < -0.3 is 9.84 Å². The zero-order valence-electron chi connectivity index (χ0n) is 11.6. The van der Waals surface area contributed by atoms with Crippen LogP contribution in [0.3, 0.4) is 0 Å². The van der Waals surface area contributed by atoms with E-state index in [0.717, 1.165) is 12.8 Å². The lowest BCUT2D eigenvalue weighted by Gasteiger charge is -2.27. The first kappa shape index (κ1) is 16.4. The fourth-order valence-electron chi connectivity index (χ4n) is 1.97. The van der Waals surface area contributed by atoms with Crippen LogP contribution in [0, 0.1) is 0 Å². The van der Waals surface area contributed by atoms with Crippen molar-refractivity contribution < 1.29 is 14.6 Å². The van der Waals surface area contributed by atoms with Gasteiger partial charge in [0.2, 0.25) is 0 Å². The number of unbranched alkanes of at least 4 members (excludes halogenated alkanes) is 5. The molecule has 0 radical (unpaired) electrons. The van der Waals surface area contributed by atoms with Gasteiger partial charge in [-0.15, -0.1) is 0 Å². The summed E-state index contributed by atoms with van der Waals surface area (Å²) >= 11 is 0. The van der Waals surface area contributed by atoms with E-state index in [9.17, 15) is 9.90 Å². The van der Waals surface area contributed by atoms with E-state index in [0.29, 0.717) is 19.4 Å². The fraction of sp³-hybridized carbons (Fsp3) is 0.929. The Morgan fingerprint density at radius 1 is 1.00 bits per heavy atom. The van der Waals surface area contributed by atoms with Crippen LogP contribution in [-0.2, 0) is 9.53 Å². The Balaban J connectivity index is 3.73. The Labute approximate surface area is 106 Å². The Kier molecular flexibility index (Phi) is 9.14. The number of carbonyl (C=O) groups is 1. The SMILES string of the molecule is CCCCCCCCOC(CC)(CC)C(=O)O. The van der Waals surface area contributed by atoms with Gasteiger partial charge in [0.1, 0.15) is 0 Å². The van der Waals surface area contributed by atoms with Gasteiger partial charge in [-0.1, -0.05) is 52.9 Å². The number of carboxylic acid groups (broad SMARTS) is 1. The second-order valence-corrected chi connectivity index (χ2v) is 4.62. The summed E-state index contributed by atoms with van der Waals surface area (Å²) in [7, 11) is 0. The summed E-state index contributed by atoms with van der Waals surface area (Å²) in [5, 5.41) is 9.17. The molecule has 0 aromatic rings. The van der Waals surface area contributed by atoms with Crippen LogP contribution in [0.1, 0.15) is 72.1 Å². The Morgan fingerprint density at radius 2 is 1.53 bits per heavy atom. The third kappa shape index (κ3) is 6.06. The van der Waals surface area contributed by atoms with E-state index in [1.165, 1.54) is 25.7 Å². The molecule has 0 bridgehead atoms. The van der Waals surface area contributed by atoms with Crippen LogP contribution in [0.5, 0.6) is 0 Å². The summed E-state index contributed by atoms with van der Waals surface area (Å²) in [6.07, 6.45) is 8.25. The average Bonchev–Trinajstić information content (AvgIpc) is 2.33. The number of ether oxygens (including phenoxy) is 1. The number of aliphatic carboxylic acids is 1. The molecule has 0 spiro atoms. The van der Waals surface area contributed by atoms with Gasteiger partial charge >= 0.3 is 5.97 Å². The Bertz CT molecular complexity index is 198. The van der Waals surface area contributed by atoms with Crippen LogP contribution < -0.4 is 0 Å². The minimum absolute atomic E-state index is 0.536. The quantitative estimate of drug-likeness (QED) is 0.559. The highest BCUT2D eigenvalue weighted by atomic mass is 16.5. The van der Waals surface area contributed by atoms with E-state index in [1.807, 2.05) is 13.8 Å².